The molecule has 12 rings (SSSR count). The third kappa shape index (κ3) is 7.14. The highest BCUT2D eigenvalue weighted by Gasteiger charge is 2.44. The summed E-state index contributed by atoms with van der Waals surface area (Å²) in [6, 6.07) is 6.40. The van der Waals surface area contributed by atoms with E-state index in [1.54, 1.807) is 35.1 Å². The van der Waals surface area contributed by atoms with Gasteiger partial charge in [0.15, 0.2) is 29.1 Å². The zero-order valence-corrected chi connectivity index (χ0v) is 38.3. The summed E-state index contributed by atoms with van der Waals surface area (Å²) in [7, 11) is 0. The molecule has 2 unspecified atom stereocenters. The van der Waals surface area contributed by atoms with Crippen LogP contribution in [-0.2, 0) is 14.3 Å². The highest BCUT2D eigenvalue weighted by molar-refractivity contribution is 7.18. The number of ether oxygens (including phenoxy) is 2. The molecule has 0 bridgehead atoms. The number of aromatic amines is 2. The smallest absolute Gasteiger partial charge is 0.176 e. The Hall–Kier alpha value is -5.51. The van der Waals surface area contributed by atoms with E-state index in [0.29, 0.717) is 101 Å². The molecule has 17 nitrogen and oxygen atoms in total. The SMILES string of the molecule is C[C@@H]1COCCN1c1nc(-c2ccnc3[nH]ccc23)nc2c(C(C(=O)C(c3csc4c(N5CCOC[C@H]5C)nc(-c5ccnc6[nH]ccc56)nc34)N3CC[C@@H](O)C3)N3CC[C@@H](O)C3)csc12. The minimum Gasteiger partial charge on any atom is -0.392 e. The molecule has 0 amide bonds. The number of hydrogen-bond acceptors (Lipinski definition) is 17. The minimum absolute atomic E-state index is 0.0571. The van der Waals surface area contributed by atoms with Crippen molar-refractivity contribution in [3.8, 4) is 22.8 Å². The lowest BCUT2D eigenvalue weighted by molar-refractivity contribution is -0.129. The molecule has 0 aliphatic carbocycles. The number of aliphatic hydroxyl groups is 2. The normalized spacial score (nSPS) is 23.3. The number of pyridine rings is 2. The van der Waals surface area contributed by atoms with E-state index in [1.165, 1.54) is 0 Å². The Bertz CT molecular complexity index is 2910. The summed E-state index contributed by atoms with van der Waals surface area (Å²) in [5.74, 6) is 2.63. The van der Waals surface area contributed by atoms with Crippen LogP contribution in [0.3, 0.4) is 0 Å². The van der Waals surface area contributed by atoms with E-state index in [1.807, 2.05) is 36.7 Å². The Kier molecular flexibility index (Phi) is 10.8. The van der Waals surface area contributed by atoms with Crippen molar-refractivity contribution in [3.05, 3.63) is 70.9 Å². The Labute approximate surface area is 387 Å². The average molecular weight is 927 g/mol. The third-order valence-corrected chi connectivity index (χ3v) is 15.7. The number of carbonyl (C=O) groups is 1. The van der Waals surface area contributed by atoms with Crippen LogP contribution in [0.1, 0.15) is 49.9 Å². The summed E-state index contributed by atoms with van der Waals surface area (Å²) < 4.78 is 13.6. The number of H-pyrrole nitrogens is 2. The van der Waals surface area contributed by atoms with Crippen molar-refractivity contribution >= 4 is 82.6 Å². The number of aliphatic hydroxyl groups excluding tert-OH is 2. The van der Waals surface area contributed by atoms with Crippen molar-refractivity contribution in [1.82, 2.24) is 49.7 Å². The summed E-state index contributed by atoms with van der Waals surface area (Å²) in [5, 5.41) is 28.3. The summed E-state index contributed by atoms with van der Waals surface area (Å²) >= 11 is 3.10. The number of rotatable bonds is 10. The van der Waals surface area contributed by atoms with E-state index >= 15 is 4.79 Å². The fourth-order valence-corrected chi connectivity index (χ4v) is 12.5. The lowest BCUT2D eigenvalue weighted by Gasteiger charge is -2.35. The maximum atomic E-state index is 16.4. The number of β-amino-alcohol motifs (C(OH)–C–C–N with tert-alkyl or cyclic N) is 2. The van der Waals surface area contributed by atoms with Crippen LogP contribution in [0.15, 0.2) is 59.8 Å². The monoisotopic (exact) mass is 926 g/mol. The molecule has 8 aromatic rings. The highest BCUT2D eigenvalue weighted by atomic mass is 32.1. The molecule has 6 atom stereocenters. The maximum absolute atomic E-state index is 16.4. The third-order valence-electron chi connectivity index (χ3n) is 13.8. The number of anilines is 2. The molecule has 8 aromatic heterocycles. The van der Waals surface area contributed by atoms with Crippen LogP contribution >= 0.6 is 22.7 Å². The second-order valence-corrected chi connectivity index (χ2v) is 19.8. The van der Waals surface area contributed by atoms with Crippen LogP contribution in [-0.4, -0.2) is 156 Å². The number of nitrogens with zero attached hydrogens (tertiary/aromatic N) is 10. The van der Waals surface area contributed by atoms with Crippen molar-refractivity contribution in [2.24, 2.45) is 0 Å². The average Bonchev–Trinajstić information content (AvgIpc) is 4.20. The van der Waals surface area contributed by atoms with Gasteiger partial charge < -0.3 is 39.5 Å². The number of Topliss-reactive ketones (excluding diaryl/α,β-unsaturated/α-hetero) is 1. The predicted octanol–water partition coefficient (Wildman–Crippen LogP) is 5.72. The van der Waals surface area contributed by atoms with Gasteiger partial charge in [0.2, 0.25) is 0 Å². The van der Waals surface area contributed by atoms with Gasteiger partial charge in [-0.1, -0.05) is 0 Å². The van der Waals surface area contributed by atoms with Crippen molar-refractivity contribution in [1.29, 1.82) is 0 Å². The molecule has 4 aliphatic heterocycles. The van der Waals surface area contributed by atoms with E-state index in [0.717, 1.165) is 65.4 Å². The number of likely N-dealkylation sites (tertiary alicyclic amines) is 2. The Balaban J connectivity index is 1.06. The van der Waals surface area contributed by atoms with Gasteiger partial charge in [-0.2, -0.15) is 0 Å². The molecule has 4 aliphatic rings. The van der Waals surface area contributed by atoms with Crippen LogP contribution < -0.4 is 9.80 Å². The van der Waals surface area contributed by atoms with E-state index in [2.05, 4.69) is 64.1 Å². The lowest BCUT2D eigenvalue weighted by atomic mass is 9.92. The largest absolute Gasteiger partial charge is 0.392 e. The van der Waals surface area contributed by atoms with E-state index in [9.17, 15) is 10.2 Å². The van der Waals surface area contributed by atoms with Crippen LogP contribution in [0.25, 0.3) is 65.3 Å². The van der Waals surface area contributed by atoms with Gasteiger partial charge in [-0.3, -0.25) is 14.6 Å². The first-order chi connectivity index (χ1) is 32.3. The van der Waals surface area contributed by atoms with Crippen LogP contribution in [0.4, 0.5) is 11.6 Å². The molecular weight excluding hydrogens is 877 g/mol. The topological polar surface area (TPSA) is 198 Å². The molecule has 4 saturated heterocycles. The number of nitrogens with one attached hydrogen (secondary N) is 2. The number of carbonyl (C=O) groups excluding carboxylic acids is 1. The molecule has 4 N–H and O–H groups in total. The lowest BCUT2D eigenvalue weighted by Crippen LogP contribution is -2.44. The molecule has 66 heavy (non-hydrogen) atoms. The number of thiophene rings is 2. The Morgan fingerprint density at radius 2 is 1.15 bits per heavy atom. The molecular formula is C47H50N12O5S2. The van der Waals surface area contributed by atoms with Crippen molar-refractivity contribution in [2.45, 2.75) is 63.1 Å². The summed E-state index contributed by atoms with van der Waals surface area (Å²) in [4.78, 5) is 62.2. The summed E-state index contributed by atoms with van der Waals surface area (Å²) in [5.41, 5.74) is 6.10. The fraction of sp³-hybridized carbons (Fsp3) is 0.426. The Morgan fingerprint density at radius 3 is 1.58 bits per heavy atom. The molecule has 19 heteroatoms. The fourth-order valence-electron chi connectivity index (χ4n) is 10.5. The molecule has 0 saturated carbocycles. The highest BCUT2D eigenvalue weighted by Crippen LogP contribution is 2.46. The first kappa shape index (κ1) is 41.9. The first-order valence-corrected chi connectivity index (χ1v) is 24.5. The van der Waals surface area contributed by atoms with Gasteiger partial charge in [0, 0.05) is 97.1 Å². The standard InChI is InChI=1S/C47H50N12O5S2/c1-25-21-63-17-15-58(25)46-40-35(52-44(54-46)31-5-11-50-42-29(31)3-9-48-42)33(23-65-40)37(56-13-7-27(60)19-56)39(62)38(57-14-8-28(61)20-57)34-24-66-41-36(34)53-45(32-6-12-51-43-30(32)4-10-49-43)55-47(41)59-16-18-64-22-26(59)2/h3-6,9-12,23-28,37-38,60-61H,7-8,13-22H2,1-2H3,(H,48,50)(H,49,51)/t25-,26-,27-,28-,37?,38?/m1/s1. The molecule has 12 heterocycles. The number of aromatic nitrogens is 8. The van der Waals surface area contributed by atoms with E-state index in [-0.39, 0.29) is 17.9 Å². The van der Waals surface area contributed by atoms with Gasteiger partial charge in [0.25, 0.3) is 0 Å². The second-order valence-electron chi connectivity index (χ2n) is 18.0. The van der Waals surface area contributed by atoms with Crippen molar-refractivity contribution in [3.63, 3.8) is 0 Å². The number of ketones is 1. The zero-order valence-electron chi connectivity index (χ0n) is 36.6. The predicted molar refractivity (Wildman–Crippen MR) is 255 cm³/mol. The van der Waals surface area contributed by atoms with Gasteiger partial charge >= 0.3 is 0 Å². The minimum atomic E-state index is -0.796. The number of morpholine rings is 2. The van der Waals surface area contributed by atoms with Gasteiger partial charge in [-0.15, -0.1) is 22.7 Å². The molecule has 340 valence electrons. The first-order valence-electron chi connectivity index (χ1n) is 22.8. The van der Waals surface area contributed by atoms with Crippen LogP contribution in [0.5, 0.6) is 0 Å². The molecule has 0 radical (unpaired) electrons. The van der Waals surface area contributed by atoms with Crippen molar-refractivity contribution < 1.29 is 24.5 Å². The van der Waals surface area contributed by atoms with E-state index < -0.39 is 24.3 Å². The molecule has 4 fully saturated rings. The van der Waals surface area contributed by atoms with E-state index in [4.69, 9.17) is 29.4 Å². The van der Waals surface area contributed by atoms with Crippen molar-refractivity contribution in [2.75, 3.05) is 75.5 Å². The summed E-state index contributed by atoms with van der Waals surface area (Å²) in [6.07, 6.45) is 7.16. The van der Waals surface area contributed by atoms with Gasteiger partial charge in [0.1, 0.15) is 11.3 Å². The zero-order chi connectivity index (χ0) is 44.6. The van der Waals surface area contributed by atoms with Crippen LogP contribution in [0.2, 0.25) is 0 Å². The number of fused-ring (bicyclic) bond motifs is 4. The summed E-state index contributed by atoms with van der Waals surface area (Å²) in [6.45, 7) is 9.57. The quantitative estimate of drug-likeness (QED) is 0.130. The molecule has 0 spiro atoms. The van der Waals surface area contributed by atoms with Crippen LogP contribution in [0, 0.1) is 0 Å². The second kappa shape index (κ2) is 17.0. The van der Waals surface area contributed by atoms with Gasteiger partial charge in [-0.05, 0) is 61.7 Å². The van der Waals surface area contributed by atoms with Gasteiger partial charge in [0.05, 0.1) is 83.2 Å². The Morgan fingerprint density at radius 1 is 0.682 bits per heavy atom. The number of hydrogen-bond donors (Lipinski definition) is 4. The van der Waals surface area contributed by atoms with Gasteiger partial charge in [-0.25, -0.2) is 29.9 Å². The maximum Gasteiger partial charge on any atom is 0.176 e. The molecule has 0 aromatic carbocycles.